The second-order valence-corrected chi connectivity index (χ2v) is 7.76. The van der Waals surface area contributed by atoms with E-state index in [1.165, 1.54) is 18.9 Å². The maximum atomic E-state index is 12.2. The van der Waals surface area contributed by atoms with Crippen LogP contribution >= 0.6 is 11.6 Å². The molecule has 0 unspecified atom stereocenters. The van der Waals surface area contributed by atoms with Crippen LogP contribution in [-0.4, -0.2) is 44.5 Å². The van der Waals surface area contributed by atoms with Crippen LogP contribution in [0.25, 0.3) is 0 Å². The first-order chi connectivity index (χ1) is 9.88. The molecule has 1 aliphatic rings. The fourth-order valence-corrected chi connectivity index (χ4v) is 3.95. The third-order valence-corrected chi connectivity index (χ3v) is 5.73. The van der Waals surface area contributed by atoms with Crippen LogP contribution in [-0.2, 0) is 10.0 Å². The van der Waals surface area contributed by atoms with Crippen LogP contribution in [0.5, 0.6) is 0 Å². The van der Waals surface area contributed by atoms with Crippen LogP contribution in [0, 0.1) is 12.8 Å². The number of halogens is 1. The van der Waals surface area contributed by atoms with Gasteiger partial charge in [-0.2, -0.15) is 0 Å². The molecule has 1 aromatic heterocycles. The van der Waals surface area contributed by atoms with Gasteiger partial charge in [0.1, 0.15) is 10.0 Å². The minimum absolute atomic E-state index is 0.0225. The molecule has 5 nitrogen and oxygen atoms in total. The van der Waals surface area contributed by atoms with Gasteiger partial charge in [0.25, 0.3) is 0 Å². The molecular weight excluding hydrogens is 310 g/mol. The molecule has 2 rings (SSSR count). The highest BCUT2D eigenvalue weighted by Crippen LogP contribution is 2.19. The predicted octanol–water partition coefficient (Wildman–Crippen LogP) is 2.05. The Bertz CT molecular complexity index is 584. The van der Waals surface area contributed by atoms with Crippen LogP contribution in [0.4, 0.5) is 0 Å². The second kappa shape index (κ2) is 7.05. The van der Waals surface area contributed by atoms with Gasteiger partial charge in [0.15, 0.2) is 0 Å². The van der Waals surface area contributed by atoms with E-state index in [0.717, 1.165) is 25.6 Å². The van der Waals surface area contributed by atoms with Crippen molar-refractivity contribution in [3.63, 3.8) is 0 Å². The standard InChI is InChI=1S/C14H22ClN3O2S/c1-11-5-8-18(9-6-11)10-7-16-21(19,20)13-4-3-12(2)17-14(13)15/h3-4,11,16H,5-10H2,1-2H3. The van der Waals surface area contributed by atoms with Crippen LogP contribution in [0.3, 0.4) is 0 Å². The lowest BCUT2D eigenvalue weighted by Crippen LogP contribution is -2.39. The molecule has 1 aliphatic heterocycles. The SMILES string of the molecule is Cc1ccc(S(=O)(=O)NCCN2CCC(C)CC2)c(Cl)n1. The first-order valence-electron chi connectivity index (χ1n) is 7.23. The Hall–Kier alpha value is -0.690. The number of nitrogens with one attached hydrogen (secondary N) is 1. The summed E-state index contributed by atoms with van der Waals surface area (Å²) in [5.41, 5.74) is 0.696. The van der Waals surface area contributed by atoms with Crippen molar-refractivity contribution in [2.45, 2.75) is 31.6 Å². The second-order valence-electron chi connectivity index (χ2n) is 5.66. The van der Waals surface area contributed by atoms with Gasteiger partial charge in [-0.1, -0.05) is 18.5 Å². The summed E-state index contributed by atoms with van der Waals surface area (Å²) in [5.74, 6) is 0.774. The molecule has 7 heteroatoms. The van der Waals surface area contributed by atoms with Gasteiger partial charge < -0.3 is 4.90 Å². The Morgan fingerprint density at radius 3 is 2.67 bits per heavy atom. The lowest BCUT2D eigenvalue weighted by atomic mass is 9.99. The third kappa shape index (κ3) is 4.64. The summed E-state index contributed by atoms with van der Waals surface area (Å²) in [6.07, 6.45) is 2.36. The zero-order valence-electron chi connectivity index (χ0n) is 12.5. The van der Waals surface area contributed by atoms with Gasteiger partial charge in [0.05, 0.1) is 0 Å². The van der Waals surface area contributed by atoms with Crippen molar-refractivity contribution in [1.82, 2.24) is 14.6 Å². The van der Waals surface area contributed by atoms with Gasteiger partial charge in [-0.25, -0.2) is 18.1 Å². The molecule has 0 bridgehead atoms. The molecule has 21 heavy (non-hydrogen) atoms. The third-order valence-electron chi connectivity index (χ3n) is 3.84. The number of piperidine rings is 1. The van der Waals surface area contributed by atoms with Crippen molar-refractivity contribution < 1.29 is 8.42 Å². The predicted molar refractivity (Wildman–Crippen MR) is 84.0 cm³/mol. The molecule has 0 aromatic carbocycles. The Morgan fingerprint density at radius 2 is 2.05 bits per heavy atom. The van der Waals surface area contributed by atoms with Crippen molar-refractivity contribution in [2.24, 2.45) is 5.92 Å². The zero-order chi connectivity index (χ0) is 15.5. The van der Waals surface area contributed by atoms with Gasteiger partial charge in [0.2, 0.25) is 10.0 Å². The van der Waals surface area contributed by atoms with E-state index in [1.807, 2.05) is 0 Å². The monoisotopic (exact) mass is 331 g/mol. The summed E-state index contributed by atoms with van der Waals surface area (Å²) in [6, 6.07) is 3.14. The summed E-state index contributed by atoms with van der Waals surface area (Å²) < 4.78 is 27.0. The molecule has 0 radical (unpaired) electrons. The highest BCUT2D eigenvalue weighted by Gasteiger charge is 2.20. The Kier molecular flexibility index (Phi) is 5.60. The van der Waals surface area contributed by atoms with Crippen LogP contribution < -0.4 is 4.72 Å². The molecule has 1 N–H and O–H groups in total. The van der Waals surface area contributed by atoms with E-state index in [0.29, 0.717) is 12.2 Å². The number of pyridine rings is 1. The van der Waals surface area contributed by atoms with E-state index in [4.69, 9.17) is 11.6 Å². The number of rotatable bonds is 5. The van der Waals surface area contributed by atoms with E-state index in [1.54, 1.807) is 13.0 Å². The lowest BCUT2D eigenvalue weighted by molar-refractivity contribution is 0.195. The molecular formula is C14H22ClN3O2S. The molecule has 0 amide bonds. The number of likely N-dealkylation sites (tertiary alicyclic amines) is 1. The average Bonchev–Trinajstić information content (AvgIpc) is 2.40. The van der Waals surface area contributed by atoms with Crippen molar-refractivity contribution in [3.8, 4) is 0 Å². The quantitative estimate of drug-likeness (QED) is 0.839. The minimum Gasteiger partial charge on any atom is -0.302 e. The number of nitrogens with zero attached hydrogens (tertiary/aromatic N) is 2. The summed E-state index contributed by atoms with van der Waals surface area (Å²) in [5, 5.41) is 0.0225. The summed E-state index contributed by atoms with van der Waals surface area (Å²) >= 11 is 5.92. The molecule has 1 fully saturated rings. The number of aromatic nitrogens is 1. The first kappa shape index (κ1) is 16.7. The topological polar surface area (TPSA) is 62.3 Å². The number of aryl methyl sites for hydroxylation is 1. The number of hydrogen-bond donors (Lipinski definition) is 1. The molecule has 0 saturated carbocycles. The van der Waals surface area contributed by atoms with Gasteiger partial charge in [-0.05, 0) is 50.9 Å². The van der Waals surface area contributed by atoms with Crippen molar-refractivity contribution in [2.75, 3.05) is 26.2 Å². The Balaban J connectivity index is 1.89. The number of sulfonamides is 1. The molecule has 0 atom stereocenters. The van der Waals surface area contributed by atoms with Gasteiger partial charge in [-0.3, -0.25) is 0 Å². The van der Waals surface area contributed by atoms with Crippen molar-refractivity contribution >= 4 is 21.6 Å². The summed E-state index contributed by atoms with van der Waals surface area (Å²) in [6.45, 7) is 7.22. The van der Waals surface area contributed by atoms with Gasteiger partial charge in [-0.15, -0.1) is 0 Å². The van der Waals surface area contributed by atoms with E-state index in [9.17, 15) is 8.42 Å². The highest BCUT2D eigenvalue weighted by molar-refractivity contribution is 7.89. The lowest BCUT2D eigenvalue weighted by Gasteiger charge is -2.30. The first-order valence-corrected chi connectivity index (χ1v) is 9.10. The zero-order valence-corrected chi connectivity index (χ0v) is 14.0. The van der Waals surface area contributed by atoms with E-state index >= 15 is 0 Å². The van der Waals surface area contributed by atoms with E-state index in [2.05, 4.69) is 21.5 Å². The van der Waals surface area contributed by atoms with Crippen molar-refractivity contribution in [3.05, 3.63) is 23.0 Å². The van der Waals surface area contributed by atoms with Gasteiger partial charge in [0, 0.05) is 18.8 Å². The molecule has 118 valence electrons. The highest BCUT2D eigenvalue weighted by atomic mass is 35.5. The molecule has 0 aliphatic carbocycles. The summed E-state index contributed by atoms with van der Waals surface area (Å²) in [4.78, 5) is 6.31. The fraction of sp³-hybridized carbons (Fsp3) is 0.643. The normalized spacial score (nSPS) is 18.0. The van der Waals surface area contributed by atoms with Crippen LogP contribution in [0.1, 0.15) is 25.5 Å². The van der Waals surface area contributed by atoms with Crippen molar-refractivity contribution in [1.29, 1.82) is 0 Å². The van der Waals surface area contributed by atoms with E-state index < -0.39 is 10.0 Å². The molecule has 2 heterocycles. The Morgan fingerprint density at radius 1 is 1.38 bits per heavy atom. The summed E-state index contributed by atoms with van der Waals surface area (Å²) in [7, 11) is -3.59. The number of hydrogen-bond acceptors (Lipinski definition) is 4. The maximum Gasteiger partial charge on any atom is 0.243 e. The van der Waals surface area contributed by atoms with E-state index in [-0.39, 0.29) is 10.0 Å². The minimum atomic E-state index is -3.59. The smallest absolute Gasteiger partial charge is 0.243 e. The van der Waals surface area contributed by atoms with Gasteiger partial charge >= 0.3 is 0 Å². The van der Waals surface area contributed by atoms with Crippen LogP contribution in [0.15, 0.2) is 17.0 Å². The average molecular weight is 332 g/mol. The van der Waals surface area contributed by atoms with Crippen LogP contribution in [0.2, 0.25) is 5.15 Å². The Labute approximate surface area is 131 Å². The molecule has 1 aromatic rings. The molecule has 1 saturated heterocycles. The fourth-order valence-electron chi connectivity index (χ4n) is 2.41. The maximum absolute atomic E-state index is 12.2. The largest absolute Gasteiger partial charge is 0.302 e. The molecule has 0 spiro atoms.